The van der Waals surface area contributed by atoms with Gasteiger partial charge in [0, 0.05) is 0 Å². The Morgan fingerprint density at radius 2 is 1.78 bits per heavy atom. The highest BCUT2D eigenvalue weighted by atomic mass is 31.1. The van der Waals surface area contributed by atoms with Crippen LogP contribution in [0.3, 0.4) is 0 Å². The quantitative estimate of drug-likeness (QED) is 0.517. The molecule has 2 atom stereocenters. The van der Waals surface area contributed by atoms with Crippen LogP contribution in [0.1, 0.15) is 19.8 Å². The molecule has 0 saturated carbocycles. The lowest BCUT2D eigenvalue weighted by Gasteiger charge is -2.26. The minimum Gasteiger partial charge on any atom is -0.481 e. The average molecular weight is 280 g/mol. The van der Waals surface area contributed by atoms with Crippen molar-refractivity contribution in [3.05, 3.63) is 0 Å². The van der Waals surface area contributed by atoms with Crippen molar-refractivity contribution >= 4 is 26.4 Å². The van der Waals surface area contributed by atoms with Gasteiger partial charge in [-0.3, -0.25) is 18.9 Å². The fourth-order valence-corrected chi connectivity index (χ4v) is 1.46. The molecule has 0 aromatic rings. The predicted molar refractivity (Wildman–Crippen MR) is 57.9 cm³/mol. The number of carbonyl (C=O) groups is 3. The second kappa shape index (κ2) is 7.03. The predicted octanol–water partition coefficient (Wildman–Crippen LogP) is 0.456. The first kappa shape index (κ1) is 16.5. The molecule has 9 heteroatoms. The molecule has 2 unspecified atom stereocenters. The lowest BCUT2D eigenvalue weighted by Crippen LogP contribution is -2.45. The van der Waals surface area contributed by atoms with E-state index in [-0.39, 0.29) is 6.61 Å². The maximum atomic E-state index is 11.0. The first-order valence-corrected chi connectivity index (χ1v) is 5.68. The molecule has 0 bridgehead atoms. The van der Waals surface area contributed by atoms with Gasteiger partial charge in [-0.15, -0.1) is 0 Å². The summed E-state index contributed by atoms with van der Waals surface area (Å²) in [5.74, 6) is -3.98. The normalized spacial score (nSPS) is 15.8. The lowest BCUT2D eigenvalue weighted by molar-refractivity contribution is -0.148. The summed E-state index contributed by atoms with van der Waals surface area (Å²) in [6.07, 6.45) is -2.47. The highest BCUT2D eigenvalue weighted by Crippen LogP contribution is 2.31. The number of rotatable bonds is 9. The number of ether oxygens (including phenoxy) is 1. The highest BCUT2D eigenvalue weighted by molar-refractivity contribution is 7.27. The van der Waals surface area contributed by atoms with Crippen LogP contribution in [0.4, 0.5) is 0 Å². The van der Waals surface area contributed by atoms with Gasteiger partial charge in [0.25, 0.3) is 0 Å². The lowest BCUT2D eigenvalue weighted by atomic mass is 10.0. The second-order valence-electron chi connectivity index (χ2n) is 3.64. The van der Waals surface area contributed by atoms with Crippen molar-refractivity contribution in [1.82, 2.24) is 0 Å². The Bertz CT molecular complexity index is 354. The summed E-state index contributed by atoms with van der Waals surface area (Å²) in [5, 5.41) is 24.0. The van der Waals surface area contributed by atoms with E-state index < -0.39 is 50.5 Å². The first-order chi connectivity index (χ1) is 8.24. The van der Waals surface area contributed by atoms with Crippen molar-refractivity contribution in [3.63, 3.8) is 0 Å². The van der Waals surface area contributed by atoms with Crippen LogP contribution in [0.2, 0.25) is 0 Å². The van der Waals surface area contributed by atoms with Crippen molar-refractivity contribution in [2.75, 3.05) is 6.61 Å². The van der Waals surface area contributed by atoms with E-state index in [2.05, 4.69) is 0 Å². The molecule has 8 nitrogen and oxygen atoms in total. The summed E-state index contributed by atoms with van der Waals surface area (Å²) in [7, 11) is -0.807. The van der Waals surface area contributed by atoms with Crippen LogP contribution in [-0.2, 0) is 23.7 Å². The van der Waals surface area contributed by atoms with Gasteiger partial charge in [-0.25, -0.2) is 0 Å². The van der Waals surface area contributed by atoms with Crippen LogP contribution in [0.25, 0.3) is 0 Å². The maximum absolute atomic E-state index is 11.0. The smallest absolute Gasteiger partial charge is 0.323 e. The standard InChI is InChI=1S/C9H13O8P/c1-9(18-16,8(14)15)5(4-7(12)13)17-3-2-6(10)11/h5H,2-4H2,1H3,(H,10,11)(H,12,13)(H,14,15). The van der Waals surface area contributed by atoms with Gasteiger partial charge in [0.15, 0.2) is 13.6 Å². The third kappa shape index (κ3) is 4.77. The summed E-state index contributed by atoms with van der Waals surface area (Å²) in [6.45, 7) is 0.712. The third-order valence-electron chi connectivity index (χ3n) is 2.24. The monoisotopic (exact) mass is 280 g/mol. The Kier molecular flexibility index (Phi) is 6.43. The average Bonchev–Trinajstić information content (AvgIpc) is 2.25. The zero-order valence-corrected chi connectivity index (χ0v) is 10.4. The molecule has 0 saturated heterocycles. The van der Waals surface area contributed by atoms with Gasteiger partial charge in [-0.2, -0.15) is 0 Å². The Hall–Kier alpha value is -1.53. The number of carboxylic acid groups (broad SMARTS) is 3. The van der Waals surface area contributed by atoms with Gasteiger partial charge in [0.2, 0.25) is 0 Å². The van der Waals surface area contributed by atoms with Crippen LogP contribution in [0.5, 0.6) is 0 Å². The van der Waals surface area contributed by atoms with Crippen LogP contribution >= 0.6 is 8.46 Å². The summed E-state index contributed by atoms with van der Waals surface area (Å²) < 4.78 is 15.8. The summed E-state index contributed by atoms with van der Waals surface area (Å²) in [5.41, 5.74) is 0. The van der Waals surface area contributed by atoms with Gasteiger partial charge in [0.05, 0.1) is 25.6 Å². The van der Waals surface area contributed by atoms with E-state index in [0.29, 0.717) is 0 Å². The van der Waals surface area contributed by atoms with E-state index in [0.717, 1.165) is 6.92 Å². The largest absolute Gasteiger partial charge is 0.481 e. The van der Waals surface area contributed by atoms with Crippen molar-refractivity contribution in [3.8, 4) is 0 Å². The molecule has 0 heterocycles. The Labute approximate surface area is 104 Å². The van der Waals surface area contributed by atoms with Gasteiger partial charge in [0.1, 0.15) is 0 Å². The SMILES string of the molecule is CC(P=O)(C(=O)O)C(CC(=O)O)OCCC(=O)O. The fraction of sp³-hybridized carbons (Fsp3) is 0.667. The number of aliphatic carboxylic acids is 3. The molecule has 0 radical (unpaired) electrons. The van der Waals surface area contributed by atoms with Crippen molar-refractivity contribution in [1.29, 1.82) is 0 Å². The van der Waals surface area contributed by atoms with E-state index in [9.17, 15) is 18.9 Å². The molecule has 3 N–H and O–H groups in total. The van der Waals surface area contributed by atoms with E-state index >= 15 is 0 Å². The molecule has 0 rings (SSSR count). The van der Waals surface area contributed by atoms with Crippen LogP contribution < -0.4 is 0 Å². The van der Waals surface area contributed by atoms with Crippen LogP contribution in [-0.4, -0.2) is 51.1 Å². The maximum Gasteiger partial charge on any atom is 0.323 e. The number of hydrogen-bond donors (Lipinski definition) is 3. The molecule has 0 fully saturated rings. The molecule has 0 spiro atoms. The Balaban J connectivity index is 4.85. The topological polar surface area (TPSA) is 138 Å². The van der Waals surface area contributed by atoms with Crippen molar-refractivity contribution in [2.45, 2.75) is 31.0 Å². The highest BCUT2D eigenvalue weighted by Gasteiger charge is 2.45. The van der Waals surface area contributed by atoms with Gasteiger partial charge >= 0.3 is 17.9 Å². The van der Waals surface area contributed by atoms with E-state index in [1.807, 2.05) is 0 Å². The molecule has 0 aliphatic carbocycles. The Morgan fingerprint density at radius 1 is 1.22 bits per heavy atom. The van der Waals surface area contributed by atoms with E-state index in [1.54, 1.807) is 0 Å². The zero-order valence-electron chi connectivity index (χ0n) is 9.53. The van der Waals surface area contributed by atoms with E-state index in [1.165, 1.54) is 0 Å². The molecule has 18 heavy (non-hydrogen) atoms. The third-order valence-corrected chi connectivity index (χ3v) is 3.10. The molecule has 0 aromatic heterocycles. The Morgan fingerprint density at radius 3 is 2.11 bits per heavy atom. The summed E-state index contributed by atoms with van der Waals surface area (Å²) >= 11 is 0. The summed E-state index contributed by atoms with van der Waals surface area (Å²) in [6, 6.07) is 0. The van der Waals surface area contributed by atoms with Gasteiger partial charge < -0.3 is 20.1 Å². The van der Waals surface area contributed by atoms with Crippen molar-refractivity contribution < 1.29 is 39.0 Å². The molecule has 0 aliphatic heterocycles. The first-order valence-electron chi connectivity index (χ1n) is 4.87. The fourth-order valence-electron chi connectivity index (χ4n) is 1.10. The zero-order chi connectivity index (χ0) is 14.3. The summed E-state index contributed by atoms with van der Waals surface area (Å²) in [4.78, 5) is 31.9. The molecule has 102 valence electrons. The molecule has 0 aromatic carbocycles. The molecule has 0 amide bonds. The van der Waals surface area contributed by atoms with Gasteiger partial charge in [-0.1, -0.05) is 0 Å². The van der Waals surface area contributed by atoms with Gasteiger partial charge in [-0.05, 0) is 6.92 Å². The molecular formula is C9H13O8P. The number of hydrogen-bond acceptors (Lipinski definition) is 5. The van der Waals surface area contributed by atoms with Crippen LogP contribution in [0, 0.1) is 0 Å². The molecular weight excluding hydrogens is 267 g/mol. The second-order valence-corrected chi connectivity index (χ2v) is 4.76. The minimum absolute atomic E-state index is 0.355. The van der Waals surface area contributed by atoms with Crippen LogP contribution in [0.15, 0.2) is 0 Å². The molecule has 0 aliphatic rings. The van der Waals surface area contributed by atoms with E-state index in [4.69, 9.17) is 20.1 Å². The minimum atomic E-state index is -1.93. The van der Waals surface area contributed by atoms with Crippen molar-refractivity contribution in [2.24, 2.45) is 0 Å². The number of carboxylic acids is 3.